The molecule has 0 spiro atoms. The fraction of sp³-hybridized carbons (Fsp3) is 1.00. The van der Waals surface area contributed by atoms with Crippen molar-refractivity contribution in [1.82, 2.24) is 4.90 Å². The van der Waals surface area contributed by atoms with Gasteiger partial charge in [-0.15, -0.1) is 0 Å². The molecule has 1 heterocycles. The summed E-state index contributed by atoms with van der Waals surface area (Å²) in [5.41, 5.74) is 0.512. The molecule has 1 unspecified atom stereocenters. The highest BCUT2D eigenvalue weighted by Gasteiger charge is 2.28. The first-order valence-corrected chi connectivity index (χ1v) is 6.42. The minimum atomic E-state index is 0.512. The van der Waals surface area contributed by atoms with Crippen molar-refractivity contribution in [2.75, 3.05) is 32.8 Å². The lowest BCUT2D eigenvalue weighted by molar-refractivity contribution is 0.0177. The molecule has 2 heteroatoms. The monoisotopic (exact) mass is 213 g/mol. The zero-order chi connectivity index (χ0) is 11.3. The molecule has 1 atom stereocenters. The van der Waals surface area contributed by atoms with E-state index in [1.54, 1.807) is 0 Å². The second-order valence-electron chi connectivity index (χ2n) is 5.18. The highest BCUT2D eigenvalue weighted by Crippen LogP contribution is 2.34. The first-order valence-electron chi connectivity index (χ1n) is 6.42. The van der Waals surface area contributed by atoms with Crippen LogP contribution in [-0.2, 0) is 4.74 Å². The Morgan fingerprint density at radius 1 is 1.20 bits per heavy atom. The smallest absolute Gasteiger partial charge is 0.0594 e. The molecule has 1 aliphatic rings. The third kappa shape index (κ3) is 3.46. The van der Waals surface area contributed by atoms with Gasteiger partial charge in [-0.3, -0.25) is 4.90 Å². The standard InChI is InChI=1S/C13H27NO/c1-5-13(4,6-2)12(3)11-14-7-9-15-10-8-14/h12H,5-11H2,1-4H3. The quantitative estimate of drug-likeness (QED) is 0.696. The van der Waals surface area contributed by atoms with Crippen molar-refractivity contribution in [1.29, 1.82) is 0 Å². The molecule has 2 nitrogen and oxygen atoms in total. The number of hydrogen-bond acceptors (Lipinski definition) is 2. The topological polar surface area (TPSA) is 12.5 Å². The van der Waals surface area contributed by atoms with E-state index in [2.05, 4.69) is 32.6 Å². The Morgan fingerprint density at radius 2 is 1.73 bits per heavy atom. The summed E-state index contributed by atoms with van der Waals surface area (Å²) in [6.45, 7) is 14.8. The Kier molecular flexibility index (Phi) is 5.07. The lowest BCUT2D eigenvalue weighted by Gasteiger charge is -2.38. The summed E-state index contributed by atoms with van der Waals surface area (Å²) < 4.78 is 5.38. The van der Waals surface area contributed by atoms with Gasteiger partial charge in [-0.1, -0.05) is 40.5 Å². The molecule has 0 N–H and O–H groups in total. The maximum Gasteiger partial charge on any atom is 0.0594 e. The lowest BCUT2D eigenvalue weighted by Crippen LogP contribution is -2.42. The highest BCUT2D eigenvalue weighted by molar-refractivity contribution is 4.80. The lowest BCUT2D eigenvalue weighted by atomic mass is 9.73. The molecule has 0 radical (unpaired) electrons. The van der Waals surface area contributed by atoms with Gasteiger partial charge in [-0.25, -0.2) is 0 Å². The van der Waals surface area contributed by atoms with Gasteiger partial charge in [0.1, 0.15) is 0 Å². The van der Waals surface area contributed by atoms with Crippen LogP contribution in [0.3, 0.4) is 0 Å². The Bertz CT molecular complexity index is 171. The first kappa shape index (κ1) is 13.0. The molecule has 0 bridgehead atoms. The summed E-state index contributed by atoms with van der Waals surface area (Å²) >= 11 is 0. The number of hydrogen-bond donors (Lipinski definition) is 0. The molecule has 1 rings (SSSR count). The molecule has 0 aromatic carbocycles. The molecule has 15 heavy (non-hydrogen) atoms. The van der Waals surface area contributed by atoms with Crippen LogP contribution < -0.4 is 0 Å². The SMILES string of the molecule is CCC(C)(CC)C(C)CN1CCOCC1. The molecule has 1 aliphatic heterocycles. The van der Waals surface area contributed by atoms with Crippen molar-refractivity contribution in [3.63, 3.8) is 0 Å². The van der Waals surface area contributed by atoms with E-state index in [1.807, 2.05) is 0 Å². The normalized spacial score (nSPS) is 21.6. The van der Waals surface area contributed by atoms with E-state index in [1.165, 1.54) is 19.4 Å². The molecular formula is C13H27NO. The average molecular weight is 213 g/mol. The van der Waals surface area contributed by atoms with Crippen LogP contribution in [0.15, 0.2) is 0 Å². The van der Waals surface area contributed by atoms with Crippen LogP contribution in [0, 0.1) is 11.3 Å². The van der Waals surface area contributed by atoms with Gasteiger partial charge in [0, 0.05) is 19.6 Å². The summed E-state index contributed by atoms with van der Waals surface area (Å²) in [4.78, 5) is 2.55. The van der Waals surface area contributed by atoms with Gasteiger partial charge in [-0.2, -0.15) is 0 Å². The van der Waals surface area contributed by atoms with E-state index in [9.17, 15) is 0 Å². The molecule has 0 amide bonds. The summed E-state index contributed by atoms with van der Waals surface area (Å²) in [6.07, 6.45) is 2.57. The molecule has 0 aliphatic carbocycles. The van der Waals surface area contributed by atoms with Crippen LogP contribution in [0.5, 0.6) is 0 Å². The molecule has 0 saturated carbocycles. The van der Waals surface area contributed by atoms with Gasteiger partial charge in [0.25, 0.3) is 0 Å². The second kappa shape index (κ2) is 5.86. The predicted molar refractivity (Wildman–Crippen MR) is 65.1 cm³/mol. The van der Waals surface area contributed by atoms with E-state index in [0.29, 0.717) is 5.41 Å². The van der Waals surface area contributed by atoms with Gasteiger partial charge in [0.15, 0.2) is 0 Å². The van der Waals surface area contributed by atoms with Crippen LogP contribution in [0.2, 0.25) is 0 Å². The minimum Gasteiger partial charge on any atom is -0.379 e. The minimum absolute atomic E-state index is 0.512. The van der Waals surface area contributed by atoms with Crippen molar-refractivity contribution in [2.45, 2.75) is 40.5 Å². The maximum absolute atomic E-state index is 5.38. The van der Waals surface area contributed by atoms with E-state index in [0.717, 1.165) is 32.2 Å². The average Bonchev–Trinajstić information content (AvgIpc) is 2.29. The van der Waals surface area contributed by atoms with Gasteiger partial charge < -0.3 is 4.74 Å². The zero-order valence-electron chi connectivity index (χ0n) is 10.9. The molecule has 0 aromatic heterocycles. The first-order chi connectivity index (χ1) is 7.12. The largest absolute Gasteiger partial charge is 0.379 e. The molecule has 0 aromatic rings. The van der Waals surface area contributed by atoms with E-state index in [4.69, 9.17) is 4.74 Å². The third-order valence-corrected chi connectivity index (χ3v) is 4.44. The number of nitrogens with zero attached hydrogens (tertiary/aromatic N) is 1. The summed E-state index contributed by atoms with van der Waals surface area (Å²) in [7, 11) is 0. The molecular weight excluding hydrogens is 186 g/mol. The maximum atomic E-state index is 5.38. The van der Waals surface area contributed by atoms with Gasteiger partial charge in [0.05, 0.1) is 13.2 Å². The molecule has 90 valence electrons. The van der Waals surface area contributed by atoms with Crippen LogP contribution in [0.1, 0.15) is 40.5 Å². The fourth-order valence-corrected chi connectivity index (χ4v) is 2.34. The fourth-order valence-electron chi connectivity index (χ4n) is 2.34. The van der Waals surface area contributed by atoms with Crippen LogP contribution in [0.4, 0.5) is 0 Å². The van der Waals surface area contributed by atoms with Crippen molar-refractivity contribution in [3.05, 3.63) is 0 Å². The Balaban J connectivity index is 2.41. The van der Waals surface area contributed by atoms with Crippen LogP contribution in [0.25, 0.3) is 0 Å². The van der Waals surface area contributed by atoms with Gasteiger partial charge >= 0.3 is 0 Å². The van der Waals surface area contributed by atoms with Gasteiger partial charge in [-0.05, 0) is 11.3 Å². The Hall–Kier alpha value is -0.0800. The third-order valence-electron chi connectivity index (χ3n) is 4.44. The van der Waals surface area contributed by atoms with Crippen molar-refractivity contribution in [3.8, 4) is 0 Å². The van der Waals surface area contributed by atoms with Gasteiger partial charge in [0.2, 0.25) is 0 Å². The summed E-state index contributed by atoms with van der Waals surface area (Å²) in [5, 5.41) is 0. The number of rotatable bonds is 5. The molecule has 1 fully saturated rings. The summed E-state index contributed by atoms with van der Waals surface area (Å²) in [5.74, 6) is 0.783. The van der Waals surface area contributed by atoms with Crippen molar-refractivity contribution >= 4 is 0 Å². The summed E-state index contributed by atoms with van der Waals surface area (Å²) in [6, 6.07) is 0. The predicted octanol–water partition coefficient (Wildman–Crippen LogP) is 2.78. The van der Waals surface area contributed by atoms with Crippen LogP contribution >= 0.6 is 0 Å². The van der Waals surface area contributed by atoms with E-state index < -0.39 is 0 Å². The highest BCUT2D eigenvalue weighted by atomic mass is 16.5. The van der Waals surface area contributed by atoms with E-state index >= 15 is 0 Å². The Morgan fingerprint density at radius 3 is 2.20 bits per heavy atom. The number of ether oxygens (including phenoxy) is 1. The number of morpholine rings is 1. The second-order valence-corrected chi connectivity index (χ2v) is 5.18. The van der Waals surface area contributed by atoms with E-state index in [-0.39, 0.29) is 0 Å². The van der Waals surface area contributed by atoms with Crippen molar-refractivity contribution < 1.29 is 4.74 Å². The zero-order valence-corrected chi connectivity index (χ0v) is 10.9. The Labute approximate surface area is 95.0 Å². The van der Waals surface area contributed by atoms with Crippen LogP contribution in [-0.4, -0.2) is 37.7 Å². The van der Waals surface area contributed by atoms with Crippen molar-refractivity contribution in [2.24, 2.45) is 11.3 Å². The molecule has 1 saturated heterocycles.